The molecule has 0 unspecified atom stereocenters. The minimum absolute atomic E-state index is 0.107. The van der Waals surface area contributed by atoms with Crippen LogP contribution < -0.4 is 10.9 Å². The van der Waals surface area contributed by atoms with Gasteiger partial charge in [0.05, 0.1) is 23.4 Å². The molecule has 4 rings (SSSR count). The van der Waals surface area contributed by atoms with Crippen LogP contribution in [0, 0.1) is 20.8 Å². The highest BCUT2D eigenvalue weighted by atomic mass is 35.5. The maximum absolute atomic E-state index is 13.4. The molecule has 0 bridgehead atoms. The Morgan fingerprint density at radius 2 is 1.97 bits per heavy atom. The van der Waals surface area contributed by atoms with Crippen molar-refractivity contribution in [2.75, 3.05) is 11.1 Å². The number of halogens is 1. The van der Waals surface area contributed by atoms with Gasteiger partial charge in [-0.1, -0.05) is 35.5 Å². The lowest BCUT2D eigenvalue weighted by Gasteiger charge is -2.13. The second-order valence-electron chi connectivity index (χ2n) is 7.32. The number of benzene rings is 1. The molecule has 0 radical (unpaired) electrons. The number of hydrogen-bond acceptors (Lipinski definition) is 6. The van der Waals surface area contributed by atoms with E-state index in [9.17, 15) is 9.59 Å². The average Bonchev–Trinajstić information content (AvgIpc) is 3.06. The second-order valence-corrected chi connectivity index (χ2v) is 9.87. The van der Waals surface area contributed by atoms with E-state index in [-0.39, 0.29) is 23.8 Å². The molecule has 3 aromatic heterocycles. The molecule has 6 nitrogen and oxygen atoms in total. The Morgan fingerprint density at radius 3 is 2.72 bits per heavy atom. The minimum atomic E-state index is -0.197. The number of anilines is 1. The Labute approximate surface area is 198 Å². The van der Waals surface area contributed by atoms with Crippen LogP contribution in [0.25, 0.3) is 10.2 Å². The summed E-state index contributed by atoms with van der Waals surface area (Å²) in [4.78, 5) is 36.8. The van der Waals surface area contributed by atoms with Crippen LogP contribution in [-0.4, -0.2) is 26.2 Å². The fourth-order valence-electron chi connectivity index (χ4n) is 3.27. The Balaban J connectivity index is 1.64. The van der Waals surface area contributed by atoms with Crippen LogP contribution in [-0.2, 0) is 11.3 Å². The van der Waals surface area contributed by atoms with Crippen LogP contribution in [0.4, 0.5) is 5.69 Å². The van der Waals surface area contributed by atoms with Crippen LogP contribution >= 0.6 is 34.7 Å². The molecule has 0 aliphatic carbocycles. The third-order valence-electron chi connectivity index (χ3n) is 5.17. The Hall–Kier alpha value is -2.68. The number of carbonyl (C=O) groups excluding carboxylic acids is 1. The number of rotatable bonds is 6. The Kier molecular flexibility index (Phi) is 6.64. The van der Waals surface area contributed by atoms with Crippen molar-refractivity contribution in [2.24, 2.45) is 0 Å². The molecule has 0 saturated heterocycles. The first-order chi connectivity index (χ1) is 15.3. The molecule has 32 heavy (non-hydrogen) atoms. The van der Waals surface area contributed by atoms with Crippen LogP contribution in [0.5, 0.6) is 0 Å². The molecule has 164 valence electrons. The summed E-state index contributed by atoms with van der Waals surface area (Å²) in [6.07, 6.45) is 1.69. The van der Waals surface area contributed by atoms with Gasteiger partial charge in [-0.3, -0.25) is 19.1 Å². The van der Waals surface area contributed by atoms with Gasteiger partial charge in [0.25, 0.3) is 5.56 Å². The number of nitrogens with zero attached hydrogens (tertiary/aromatic N) is 3. The van der Waals surface area contributed by atoms with E-state index in [1.54, 1.807) is 22.9 Å². The number of pyridine rings is 1. The molecule has 4 aromatic rings. The third kappa shape index (κ3) is 4.57. The zero-order chi connectivity index (χ0) is 22.8. The molecule has 0 aliphatic heterocycles. The number of hydrogen-bond donors (Lipinski definition) is 1. The van der Waals surface area contributed by atoms with Gasteiger partial charge in [0, 0.05) is 21.8 Å². The number of aryl methyl sites for hydroxylation is 2. The lowest BCUT2D eigenvalue weighted by atomic mass is 10.2. The van der Waals surface area contributed by atoms with Crippen molar-refractivity contribution >= 4 is 56.5 Å². The minimum Gasteiger partial charge on any atom is -0.325 e. The van der Waals surface area contributed by atoms with E-state index >= 15 is 0 Å². The van der Waals surface area contributed by atoms with Crippen molar-refractivity contribution in [3.05, 3.63) is 79.7 Å². The van der Waals surface area contributed by atoms with Crippen molar-refractivity contribution < 1.29 is 4.79 Å². The summed E-state index contributed by atoms with van der Waals surface area (Å²) < 4.78 is 1.60. The summed E-state index contributed by atoms with van der Waals surface area (Å²) >= 11 is 8.87. The number of nitrogens with one attached hydrogen (secondary N) is 1. The predicted molar refractivity (Wildman–Crippen MR) is 132 cm³/mol. The molecule has 0 spiro atoms. The molecule has 9 heteroatoms. The summed E-state index contributed by atoms with van der Waals surface area (Å²) in [7, 11) is 0. The topological polar surface area (TPSA) is 76.9 Å². The molecule has 1 aromatic carbocycles. The van der Waals surface area contributed by atoms with Crippen molar-refractivity contribution in [3.63, 3.8) is 0 Å². The first-order valence-electron chi connectivity index (χ1n) is 9.93. The highest BCUT2D eigenvalue weighted by Gasteiger charge is 2.18. The summed E-state index contributed by atoms with van der Waals surface area (Å²) in [5.74, 6) is -0.0900. The maximum Gasteiger partial charge on any atom is 0.263 e. The monoisotopic (exact) mass is 484 g/mol. The largest absolute Gasteiger partial charge is 0.325 e. The normalized spacial score (nSPS) is 11.1. The molecular formula is C23H21ClN4O2S2. The standard InChI is InChI=1S/C23H21ClN4O2S2/c1-13-15(3)32-21-20(13)22(30)28(11-16-7-4-5-10-25-16)23(27-21)31-12-19(29)26-18-9-6-8-17(24)14(18)2/h4-10H,11-12H2,1-3H3,(H,26,29). The molecular weight excluding hydrogens is 464 g/mol. The molecule has 1 amide bonds. The zero-order valence-electron chi connectivity index (χ0n) is 17.8. The quantitative estimate of drug-likeness (QED) is 0.300. The van der Waals surface area contributed by atoms with E-state index in [4.69, 9.17) is 16.6 Å². The van der Waals surface area contributed by atoms with Crippen molar-refractivity contribution in [2.45, 2.75) is 32.5 Å². The third-order valence-corrected chi connectivity index (χ3v) is 7.66. The fraction of sp³-hybridized carbons (Fsp3) is 0.217. The molecule has 0 aliphatic rings. The number of aromatic nitrogens is 3. The van der Waals surface area contributed by atoms with Gasteiger partial charge in [-0.2, -0.15) is 0 Å². The molecule has 0 saturated carbocycles. The van der Waals surface area contributed by atoms with E-state index in [0.29, 0.717) is 26.1 Å². The Morgan fingerprint density at radius 1 is 1.16 bits per heavy atom. The number of carbonyl (C=O) groups is 1. The van der Waals surface area contributed by atoms with Crippen molar-refractivity contribution in [3.8, 4) is 0 Å². The van der Waals surface area contributed by atoms with E-state index in [2.05, 4.69) is 10.3 Å². The van der Waals surface area contributed by atoms with E-state index < -0.39 is 0 Å². The van der Waals surface area contributed by atoms with Crippen molar-refractivity contribution in [1.82, 2.24) is 14.5 Å². The average molecular weight is 485 g/mol. The smallest absolute Gasteiger partial charge is 0.263 e. The number of fused-ring (bicyclic) bond motifs is 1. The van der Waals surface area contributed by atoms with Gasteiger partial charge in [-0.25, -0.2) is 4.98 Å². The molecule has 0 fully saturated rings. The first kappa shape index (κ1) is 22.5. The van der Waals surface area contributed by atoms with E-state index in [0.717, 1.165) is 21.7 Å². The van der Waals surface area contributed by atoms with Gasteiger partial charge in [0.2, 0.25) is 5.91 Å². The highest BCUT2D eigenvalue weighted by molar-refractivity contribution is 7.99. The Bertz CT molecular complexity index is 1370. The van der Waals surface area contributed by atoms with Crippen molar-refractivity contribution in [1.29, 1.82) is 0 Å². The van der Waals surface area contributed by atoms with Crippen LogP contribution in [0.3, 0.4) is 0 Å². The number of thiophene rings is 1. The number of amides is 1. The predicted octanol–water partition coefficient (Wildman–Crippen LogP) is 5.21. The van der Waals surface area contributed by atoms with Gasteiger partial charge < -0.3 is 5.32 Å². The van der Waals surface area contributed by atoms with Gasteiger partial charge in [-0.15, -0.1) is 11.3 Å². The van der Waals surface area contributed by atoms with Crippen LogP contribution in [0.1, 0.15) is 21.7 Å². The lowest BCUT2D eigenvalue weighted by Crippen LogP contribution is -2.25. The zero-order valence-corrected chi connectivity index (χ0v) is 20.2. The second kappa shape index (κ2) is 9.44. The fourth-order valence-corrected chi connectivity index (χ4v) is 5.31. The lowest BCUT2D eigenvalue weighted by molar-refractivity contribution is -0.113. The van der Waals surface area contributed by atoms with E-state index in [1.807, 2.05) is 45.0 Å². The molecule has 0 atom stereocenters. The number of thioether (sulfide) groups is 1. The summed E-state index contributed by atoms with van der Waals surface area (Å²) in [6.45, 7) is 6.06. The maximum atomic E-state index is 13.4. The first-order valence-corrected chi connectivity index (χ1v) is 12.1. The SMILES string of the molecule is Cc1sc2nc(SCC(=O)Nc3cccc(Cl)c3C)n(Cc3ccccn3)c(=O)c2c1C. The summed E-state index contributed by atoms with van der Waals surface area (Å²) in [5.41, 5.74) is 3.06. The van der Waals surface area contributed by atoms with Crippen LogP contribution in [0.2, 0.25) is 5.02 Å². The van der Waals surface area contributed by atoms with Gasteiger partial charge in [-0.05, 0) is 56.2 Å². The van der Waals surface area contributed by atoms with Crippen LogP contribution in [0.15, 0.2) is 52.5 Å². The summed E-state index contributed by atoms with van der Waals surface area (Å²) in [6, 6.07) is 11.0. The van der Waals surface area contributed by atoms with Gasteiger partial charge >= 0.3 is 0 Å². The van der Waals surface area contributed by atoms with Gasteiger partial charge in [0.1, 0.15) is 4.83 Å². The van der Waals surface area contributed by atoms with Gasteiger partial charge in [0.15, 0.2) is 5.16 Å². The van der Waals surface area contributed by atoms with E-state index in [1.165, 1.54) is 23.1 Å². The summed E-state index contributed by atoms with van der Waals surface area (Å²) in [5, 5.41) is 4.60. The highest BCUT2D eigenvalue weighted by Crippen LogP contribution is 2.29. The molecule has 3 heterocycles. The molecule has 1 N–H and O–H groups in total.